The zero-order chi connectivity index (χ0) is 15.2. The Hall–Kier alpha value is -2.14. The maximum atomic E-state index is 10.8. The lowest BCUT2D eigenvalue weighted by Gasteiger charge is -2.25. The van der Waals surface area contributed by atoms with Crippen LogP contribution in [-0.2, 0) is 11.3 Å². The second-order valence-corrected chi connectivity index (χ2v) is 5.05. The quantitative estimate of drug-likeness (QED) is 0.848. The summed E-state index contributed by atoms with van der Waals surface area (Å²) >= 11 is 0. The summed E-state index contributed by atoms with van der Waals surface area (Å²) in [5, 5.41) is 13.0. The average molecular weight is 288 g/mol. The summed E-state index contributed by atoms with van der Waals surface area (Å²) in [6.45, 7) is 5.24. The highest BCUT2D eigenvalue weighted by molar-refractivity contribution is 5.67. The van der Waals surface area contributed by atoms with Gasteiger partial charge in [0.1, 0.15) is 5.69 Å². The largest absolute Gasteiger partial charge is 0.481 e. The number of hydrogen-bond acceptors (Lipinski definition) is 4. The maximum absolute atomic E-state index is 10.8. The second kappa shape index (κ2) is 7.04. The molecule has 1 N–H and O–H groups in total. The number of hydrogen-bond donors (Lipinski definition) is 1. The van der Waals surface area contributed by atoms with E-state index < -0.39 is 5.97 Å². The minimum Gasteiger partial charge on any atom is -0.481 e. The maximum Gasteiger partial charge on any atom is 0.304 e. The fraction of sp³-hybridized carbons (Fsp3) is 0.375. The molecule has 0 saturated carbocycles. The fourth-order valence-electron chi connectivity index (χ4n) is 2.29. The van der Waals surface area contributed by atoms with E-state index in [4.69, 9.17) is 9.63 Å². The van der Waals surface area contributed by atoms with Gasteiger partial charge in [0.25, 0.3) is 0 Å². The summed E-state index contributed by atoms with van der Waals surface area (Å²) in [5.41, 5.74) is 1.81. The van der Waals surface area contributed by atoms with Gasteiger partial charge < -0.3 is 9.63 Å². The van der Waals surface area contributed by atoms with Gasteiger partial charge in [0.05, 0.1) is 13.0 Å². The Balaban J connectivity index is 2.05. The van der Waals surface area contributed by atoms with Crippen LogP contribution in [0.15, 0.2) is 40.9 Å². The molecule has 1 heterocycles. The van der Waals surface area contributed by atoms with Crippen molar-refractivity contribution in [2.45, 2.75) is 32.9 Å². The molecule has 112 valence electrons. The van der Waals surface area contributed by atoms with Crippen molar-refractivity contribution in [3.63, 3.8) is 0 Å². The van der Waals surface area contributed by atoms with Gasteiger partial charge in [0.15, 0.2) is 5.76 Å². The normalized spacial score (nSPS) is 12.5. The standard InChI is InChI=1S/C16H20N2O3/c1-3-18(12(2)9-16(19)20)11-14-10-15(17-21-14)13-7-5-4-6-8-13/h4-8,10,12H,3,9,11H2,1-2H3,(H,19,20). The Morgan fingerprint density at radius 3 is 2.71 bits per heavy atom. The first kappa shape index (κ1) is 15.3. The van der Waals surface area contributed by atoms with Crippen molar-refractivity contribution in [3.8, 4) is 11.3 Å². The predicted molar refractivity (Wildman–Crippen MR) is 79.7 cm³/mol. The number of aromatic nitrogens is 1. The van der Waals surface area contributed by atoms with Crippen molar-refractivity contribution < 1.29 is 14.4 Å². The summed E-state index contributed by atoms with van der Waals surface area (Å²) in [5.74, 6) is -0.0450. The third-order valence-corrected chi connectivity index (χ3v) is 3.49. The van der Waals surface area contributed by atoms with E-state index in [0.29, 0.717) is 6.54 Å². The predicted octanol–water partition coefficient (Wildman–Crippen LogP) is 3.03. The van der Waals surface area contributed by atoms with Crippen LogP contribution in [0.1, 0.15) is 26.0 Å². The molecule has 0 bridgehead atoms. The number of aliphatic carboxylic acids is 1. The van der Waals surface area contributed by atoms with Gasteiger partial charge in [-0.1, -0.05) is 42.4 Å². The minimum absolute atomic E-state index is 0.0437. The SMILES string of the molecule is CCN(Cc1cc(-c2ccccc2)no1)C(C)CC(=O)O. The molecule has 0 fully saturated rings. The van der Waals surface area contributed by atoms with E-state index in [1.54, 1.807) is 0 Å². The molecule has 0 spiro atoms. The van der Waals surface area contributed by atoms with Crippen molar-refractivity contribution in [3.05, 3.63) is 42.2 Å². The molecule has 0 aliphatic carbocycles. The Morgan fingerprint density at radius 1 is 1.38 bits per heavy atom. The van der Waals surface area contributed by atoms with Crippen LogP contribution in [-0.4, -0.2) is 33.7 Å². The van der Waals surface area contributed by atoms with Gasteiger partial charge in [0, 0.05) is 17.7 Å². The van der Waals surface area contributed by atoms with E-state index in [9.17, 15) is 4.79 Å². The molecule has 5 heteroatoms. The van der Waals surface area contributed by atoms with Crippen LogP contribution in [0.25, 0.3) is 11.3 Å². The van der Waals surface area contributed by atoms with Gasteiger partial charge in [-0.25, -0.2) is 0 Å². The summed E-state index contributed by atoms with van der Waals surface area (Å²) < 4.78 is 5.37. The first-order chi connectivity index (χ1) is 10.1. The van der Waals surface area contributed by atoms with E-state index >= 15 is 0 Å². The number of carboxylic acids is 1. The lowest BCUT2D eigenvalue weighted by molar-refractivity contribution is -0.138. The lowest BCUT2D eigenvalue weighted by atomic mass is 10.1. The smallest absolute Gasteiger partial charge is 0.304 e. The number of nitrogens with zero attached hydrogens (tertiary/aromatic N) is 2. The molecule has 0 radical (unpaired) electrons. The van der Waals surface area contributed by atoms with Gasteiger partial charge in [0.2, 0.25) is 0 Å². The molecule has 1 aromatic heterocycles. The highest BCUT2D eigenvalue weighted by Crippen LogP contribution is 2.20. The fourth-order valence-corrected chi connectivity index (χ4v) is 2.29. The Kier molecular flexibility index (Phi) is 5.11. The van der Waals surface area contributed by atoms with E-state index in [-0.39, 0.29) is 12.5 Å². The van der Waals surface area contributed by atoms with Crippen molar-refractivity contribution in [2.75, 3.05) is 6.54 Å². The van der Waals surface area contributed by atoms with Crippen molar-refractivity contribution >= 4 is 5.97 Å². The number of carbonyl (C=O) groups is 1. The van der Waals surface area contributed by atoms with E-state index in [2.05, 4.69) is 10.1 Å². The molecule has 5 nitrogen and oxygen atoms in total. The minimum atomic E-state index is -0.788. The molecule has 0 amide bonds. The highest BCUT2D eigenvalue weighted by Gasteiger charge is 2.18. The van der Waals surface area contributed by atoms with Crippen LogP contribution in [0, 0.1) is 0 Å². The van der Waals surface area contributed by atoms with Gasteiger partial charge in [-0.15, -0.1) is 0 Å². The van der Waals surface area contributed by atoms with Crippen LogP contribution in [0.5, 0.6) is 0 Å². The molecular weight excluding hydrogens is 268 g/mol. The highest BCUT2D eigenvalue weighted by atomic mass is 16.5. The zero-order valence-corrected chi connectivity index (χ0v) is 12.3. The first-order valence-corrected chi connectivity index (χ1v) is 7.07. The summed E-state index contributed by atoms with van der Waals surface area (Å²) in [6, 6.07) is 11.7. The zero-order valence-electron chi connectivity index (χ0n) is 12.3. The molecule has 1 unspecified atom stereocenters. The van der Waals surface area contributed by atoms with Crippen molar-refractivity contribution in [1.29, 1.82) is 0 Å². The van der Waals surface area contributed by atoms with E-state index in [0.717, 1.165) is 23.6 Å². The van der Waals surface area contributed by atoms with Crippen molar-refractivity contribution in [1.82, 2.24) is 10.1 Å². The topological polar surface area (TPSA) is 66.6 Å². The molecule has 0 saturated heterocycles. The molecule has 2 aromatic rings. The van der Waals surface area contributed by atoms with Crippen LogP contribution < -0.4 is 0 Å². The molecule has 0 aliphatic rings. The van der Waals surface area contributed by atoms with Crippen LogP contribution in [0.2, 0.25) is 0 Å². The van der Waals surface area contributed by atoms with Gasteiger partial charge >= 0.3 is 5.97 Å². The number of benzene rings is 1. The third kappa shape index (κ3) is 4.16. The van der Waals surface area contributed by atoms with Gasteiger partial charge in [-0.05, 0) is 13.5 Å². The Morgan fingerprint density at radius 2 is 2.10 bits per heavy atom. The number of carboxylic acid groups (broad SMARTS) is 1. The molecule has 0 aliphatic heterocycles. The first-order valence-electron chi connectivity index (χ1n) is 7.07. The second-order valence-electron chi connectivity index (χ2n) is 5.05. The van der Waals surface area contributed by atoms with Gasteiger partial charge in [-0.2, -0.15) is 0 Å². The van der Waals surface area contributed by atoms with E-state index in [1.807, 2.05) is 50.2 Å². The number of rotatable bonds is 7. The van der Waals surface area contributed by atoms with E-state index in [1.165, 1.54) is 0 Å². The van der Waals surface area contributed by atoms with Crippen LogP contribution >= 0.6 is 0 Å². The molecule has 1 aromatic carbocycles. The summed E-state index contributed by atoms with van der Waals surface area (Å²) in [7, 11) is 0. The molecular formula is C16H20N2O3. The monoisotopic (exact) mass is 288 g/mol. The molecule has 1 atom stereocenters. The summed E-state index contributed by atoms with van der Waals surface area (Å²) in [6.07, 6.45) is 0.119. The third-order valence-electron chi connectivity index (χ3n) is 3.49. The van der Waals surface area contributed by atoms with Gasteiger partial charge in [-0.3, -0.25) is 9.69 Å². The molecule has 2 rings (SSSR count). The Labute approximate surface area is 124 Å². The molecule has 21 heavy (non-hydrogen) atoms. The summed E-state index contributed by atoms with van der Waals surface area (Å²) in [4.78, 5) is 12.9. The average Bonchev–Trinajstić information content (AvgIpc) is 2.93. The van der Waals surface area contributed by atoms with Crippen molar-refractivity contribution in [2.24, 2.45) is 0 Å². The lowest BCUT2D eigenvalue weighted by Crippen LogP contribution is -2.33. The van der Waals surface area contributed by atoms with Crippen LogP contribution in [0.4, 0.5) is 0 Å². The Bertz CT molecular complexity index is 580. The van der Waals surface area contributed by atoms with Crippen LogP contribution in [0.3, 0.4) is 0 Å².